The summed E-state index contributed by atoms with van der Waals surface area (Å²) in [4.78, 5) is 14.1. The topological polar surface area (TPSA) is 65.4 Å². The van der Waals surface area contributed by atoms with Crippen molar-refractivity contribution < 1.29 is 9.53 Å². The number of nitriles is 1. The Labute approximate surface area is 112 Å². The number of benzene rings is 1. The van der Waals surface area contributed by atoms with Crippen molar-refractivity contribution in [2.45, 2.75) is 12.5 Å². The zero-order chi connectivity index (χ0) is 13.5. The van der Waals surface area contributed by atoms with Gasteiger partial charge in [-0.3, -0.25) is 4.79 Å². The Morgan fingerprint density at radius 3 is 2.89 bits per heavy atom. The highest BCUT2D eigenvalue weighted by molar-refractivity contribution is 5.97. The van der Waals surface area contributed by atoms with E-state index in [1.807, 2.05) is 30.3 Å². The zero-order valence-electron chi connectivity index (χ0n) is 10.7. The van der Waals surface area contributed by atoms with Crippen LogP contribution >= 0.6 is 0 Å². The molecular weight excluding hydrogens is 242 g/mol. The number of morpholine rings is 1. The lowest BCUT2D eigenvalue weighted by Gasteiger charge is -2.29. The van der Waals surface area contributed by atoms with E-state index in [2.05, 4.69) is 11.4 Å². The van der Waals surface area contributed by atoms with Crippen molar-refractivity contribution in [2.24, 2.45) is 0 Å². The Kier molecular flexibility index (Phi) is 4.90. The van der Waals surface area contributed by atoms with Gasteiger partial charge < -0.3 is 15.0 Å². The third kappa shape index (κ3) is 3.53. The van der Waals surface area contributed by atoms with E-state index >= 15 is 0 Å². The highest BCUT2D eigenvalue weighted by Gasteiger charge is 2.26. The van der Waals surface area contributed by atoms with Crippen molar-refractivity contribution in [1.82, 2.24) is 5.32 Å². The van der Waals surface area contributed by atoms with Crippen molar-refractivity contribution in [3.8, 4) is 6.07 Å². The van der Waals surface area contributed by atoms with Crippen LogP contribution in [0.3, 0.4) is 0 Å². The lowest BCUT2D eigenvalue weighted by Crippen LogP contribution is -2.53. The van der Waals surface area contributed by atoms with Gasteiger partial charge >= 0.3 is 0 Å². The summed E-state index contributed by atoms with van der Waals surface area (Å²) in [5, 5.41) is 11.9. The number of hydrogen-bond acceptors (Lipinski definition) is 4. The normalized spacial score (nSPS) is 18.6. The molecule has 1 saturated heterocycles. The molecule has 0 aliphatic carbocycles. The summed E-state index contributed by atoms with van der Waals surface area (Å²) in [6.45, 7) is 2.09. The van der Waals surface area contributed by atoms with Crippen LogP contribution in [-0.4, -0.2) is 38.3 Å². The highest BCUT2D eigenvalue weighted by Crippen LogP contribution is 2.15. The molecule has 100 valence electrons. The lowest BCUT2D eigenvalue weighted by molar-refractivity contribution is -0.123. The number of ether oxygens (including phenoxy) is 1. The molecule has 1 unspecified atom stereocenters. The van der Waals surface area contributed by atoms with Gasteiger partial charge in [0.05, 0.1) is 25.7 Å². The zero-order valence-corrected chi connectivity index (χ0v) is 10.7. The first-order valence-corrected chi connectivity index (χ1v) is 6.37. The lowest BCUT2D eigenvalue weighted by atomic mass is 10.2. The number of hydrogen-bond donors (Lipinski definition) is 1. The number of para-hydroxylation sites is 1. The summed E-state index contributed by atoms with van der Waals surface area (Å²) in [6, 6.07) is 11.2. The van der Waals surface area contributed by atoms with Crippen LogP contribution in [0.5, 0.6) is 0 Å². The van der Waals surface area contributed by atoms with Crippen LogP contribution in [0.25, 0.3) is 0 Å². The fourth-order valence-electron chi connectivity index (χ4n) is 2.05. The molecule has 19 heavy (non-hydrogen) atoms. The second-order valence-corrected chi connectivity index (χ2v) is 4.32. The number of anilines is 1. The molecule has 1 aromatic carbocycles. The Bertz CT molecular complexity index is 450. The van der Waals surface area contributed by atoms with Gasteiger partial charge in [0, 0.05) is 18.8 Å². The summed E-state index contributed by atoms with van der Waals surface area (Å²) in [5.41, 5.74) is 0.815. The van der Waals surface area contributed by atoms with Crippen LogP contribution in [0.15, 0.2) is 30.3 Å². The first kappa shape index (κ1) is 13.5. The predicted octanol–water partition coefficient (Wildman–Crippen LogP) is 0.922. The molecule has 1 aliphatic heterocycles. The summed E-state index contributed by atoms with van der Waals surface area (Å²) < 4.78 is 5.32. The smallest absolute Gasteiger partial charge is 0.246 e. The van der Waals surface area contributed by atoms with E-state index in [0.717, 1.165) is 5.69 Å². The number of amides is 1. The number of carbonyl (C=O) groups excluding carboxylic acids is 1. The Morgan fingerprint density at radius 2 is 2.26 bits per heavy atom. The van der Waals surface area contributed by atoms with Crippen LogP contribution in [0, 0.1) is 11.3 Å². The first-order chi connectivity index (χ1) is 9.33. The maximum atomic E-state index is 12.5. The van der Waals surface area contributed by atoms with E-state index in [4.69, 9.17) is 10.00 Å². The van der Waals surface area contributed by atoms with Gasteiger partial charge in [0.2, 0.25) is 5.91 Å². The third-order valence-electron chi connectivity index (χ3n) is 3.00. The van der Waals surface area contributed by atoms with Gasteiger partial charge in [-0.2, -0.15) is 5.26 Å². The van der Waals surface area contributed by atoms with Gasteiger partial charge in [-0.05, 0) is 12.1 Å². The number of carbonyl (C=O) groups is 1. The minimum absolute atomic E-state index is 0.0406. The van der Waals surface area contributed by atoms with Gasteiger partial charge in [0.1, 0.15) is 6.04 Å². The van der Waals surface area contributed by atoms with E-state index in [9.17, 15) is 4.79 Å². The average molecular weight is 259 g/mol. The van der Waals surface area contributed by atoms with Crippen molar-refractivity contribution in [1.29, 1.82) is 5.26 Å². The van der Waals surface area contributed by atoms with E-state index in [1.165, 1.54) is 0 Å². The molecule has 1 aliphatic rings. The largest absolute Gasteiger partial charge is 0.378 e. The van der Waals surface area contributed by atoms with Crippen LogP contribution in [0.1, 0.15) is 6.42 Å². The minimum Gasteiger partial charge on any atom is -0.378 e. The van der Waals surface area contributed by atoms with Gasteiger partial charge in [-0.25, -0.2) is 0 Å². The second kappa shape index (κ2) is 6.88. The molecule has 1 amide bonds. The Morgan fingerprint density at radius 1 is 1.47 bits per heavy atom. The molecule has 1 heterocycles. The molecule has 0 saturated carbocycles. The molecule has 1 aromatic rings. The molecule has 0 aromatic heterocycles. The third-order valence-corrected chi connectivity index (χ3v) is 3.00. The van der Waals surface area contributed by atoms with Gasteiger partial charge in [-0.1, -0.05) is 18.2 Å². The van der Waals surface area contributed by atoms with Gasteiger partial charge in [0.25, 0.3) is 0 Å². The summed E-state index contributed by atoms with van der Waals surface area (Å²) in [5.74, 6) is -0.0406. The van der Waals surface area contributed by atoms with Gasteiger partial charge in [0.15, 0.2) is 0 Å². The number of nitrogens with one attached hydrogen (secondary N) is 1. The van der Waals surface area contributed by atoms with Crippen LogP contribution < -0.4 is 10.2 Å². The molecule has 2 rings (SSSR count). The van der Waals surface area contributed by atoms with Crippen molar-refractivity contribution in [3.05, 3.63) is 30.3 Å². The molecular formula is C14H17N3O2. The Hall–Kier alpha value is -1.90. The van der Waals surface area contributed by atoms with E-state index < -0.39 is 0 Å². The molecule has 5 nitrogen and oxygen atoms in total. The van der Waals surface area contributed by atoms with Crippen molar-refractivity contribution in [3.63, 3.8) is 0 Å². The standard InChI is InChI=1S/C14H17N3O2/c15-7-4-9-17(12-5-2-1-3-6-12)14(18)13-11-19-10-8-16-13/h1-3,5-6,13,16H,4,8-11H2. The minimum atomic E-state index is -0.326. The fourth-order valence-corrected chi connectivity index (χ4v) is 2.05. The molecule has 0 bridgehead atoms. The van der Waals surface area contributed by atoms with Crippen molar-refractivity contribution in [2.75, 3.05) is 31.2 Å². The number of nitrogens with zero attached hydrogens (tertiary/aromatic N) is 2. The van der Waals surface area contributed by atoms with Crippen molar-refractivity contribution >= 4 is 11.6 Å². The van der Waals surface area contributed by atoms with E-state index in [-0.39, 0.29) is 11.9 Å². The second-order valence-electron chi connectivity index (χ2n) is 4.32. The molecule has 0 radical (unpaired) electrons. The summed E-state index contributed by atoms with van der Waals surface area (Å²) in [7, 11) is 0. The Balaban J connectivity index is 2.12. The first-order valence-electron chi connectivity index (χ1n) is 6.37. The van der Waals surface area contributed by atoms with E-state index in [0.29, 0.717) is 32.7 Å². The molecule has 1 N–H and O–H groups in total. The molecule has 1 fully saturated rings. The molecule has 0 spiro atoms. The molecule has 1 atom stereocenters. The van der Waals surface area contributed by atoms with Crippen LogP contribution in [0.4, 0.5) is 5.69 Å². The highest BCUT2D eigenvalue weighted by atomic mass is 16.5. The SMILES string of the molecule is N#CCCN(C(=O)C1COCCN1)c1ccccc1. The quantitative estimate of drug-likeness (QED) is 0.873. The monoisotopic (exact) mass is 259 g/mol. The predicted molar refractivity (Wildman–Crippen MR) is 71.6 cm³/mol. The van der Waals surface area contributed by atoms with E-state index in [1.54, 1.807) is 4.90 Å². The fraction of sp³-hybridized carbons (Fsp3) is 0.429. The number of rotatable bonds is 4. The van der Waals surface area contributed by atoms with Gasteiger partial charge in [-0.15, -0.1) is 0 Å². The maximum absolute atomic E-state index is 12.5. The maximum Gasteiger partial charge on any atom is 0.246 e. The average Bonchev–Trinajstić information content (AvgIpc) is 2.49. The van der Waals surface area contributed by atoms with Crippen LogP contribution in [0.2, 0.25) is 0 Å². The summed E-state index contributed by atoms with van der Waals surface area (Å²) >= 11 is 0. The van der Waals surface area contributed by atoms with Crippen LogP contribution in [-0.2, 0) is 9.53 Å². The molecule has 5 heteroatoms. The summed E-state index contributed by atoms with van der Waals surface area (Å²) in [6.07, 6.45) is 0.314.